The van der Waals surface area contributed by atoms with Crippen LogP contribution in [-0.2, 0) is 9.59 Å². The molecule has 0 aromatic heterocycles. The summed E-state index contributed by atoms with van der Waals surface area (Å²) in [6, 6.07) is 14.3. The molecule has 0 spiro atoms. The fraction of sp³-hybridized carbons (Fsp3) is 0.300. The minimum Gasteiger partial charge on any atom is -0.497 e. The number of amides is 2. The van der Waals surface area contributed by atoms with Gasteiger partial charge in [0, 0.05) is 7.05 Å². The van der Waals surface area contributed by atoms with Crippen LogP contribution in [0, 0.1) is 12.8 Å². The fourth-order valence-electron chi connectivity index (χ4n) is 3.83. The number of nitrogens with one attached hydrogen (secondary N) is 1. The van der Waals surface area contributed by atoms with Crippen LogP contribution in [0.25, 0.3) is 0 Å². The lowest BCUT2D eigenvalue weighted by Crippen LogP contribution is -2.43. The normalized spacial score (nSPS) is 25.7. The highest BCUT2D eigenvalue weighted by Gasteiger charge is 2.57. The van der Waals surface area contributed by atoms with E-state index >= 15 is 0 Å². The maximum Gasteiger partial charge on any atom is 0.253 e. The lowest BCUT2D eigenvalue weighted by molar-refractivity contribution is -0.123. The minimum atomic E-state index is -0.504. The van der Waals surface area contributed by atoms with E-state index in [1.165, 1.54) is 4.90 Å². The van der Waals surface area contributed by atoms with Crippen LogP contribution in [0.1, 0.15) is 17.2 Å². The van der Waals surface area contributed by atoms with Gasteiger partial charge in [0.05, 0.1) is 24.8 Å². The van der Waals surface area contributed by atoms with Crippen LogP contribution in [0.2, 0.25) is 0 Å². The number of carbonyl (C=O) groups excluding carboxylic acids is 2. The Balaban J connectivity index is 1.69. The number of carbonyl (C=O) groups is 2. The molecule has 2 amide bonds. The Morgan fingerprint density at radius 3 is 2.23 bits per heavy atom. The topological polar surface area (TPSA) is 61.9 Å². The summed E-state index contributed by atoms with van der Waals surface area (Å²) in [5.41, 5.74) is 5.94. The molecule has 0 bridgehead atoms. The van der Waals surface area contributed by atoms with Crippen molar-refractivity contribution < 1.29 is 14.3 Å². The van der Waals surface area contributed by atoms with Gasteiger partial charge in [-0.2, -0.15) is 0 Å². The molecule has 26 heavy (non-hydrogen) atoms. The number of hydrogen-bond acceptors (Lipinski definition) is 5. The van der Waals surface area contributed by atoms with Crippen LogP contribution >= 0.6 is 0 Å². The van der Waals surface area contributed by atoms with Gasteiger partial charge in [-0.05, 0) is 36.8 Å². The molecule has 134 valence electrons. The number of imide groups is 1. The standard InChI is InChI=1S/C20H21N3O3/c1-12-4-8-14(9-5-12)23-19(24)16-17(21-22(2)18(16)20(23)25)13-6-10-15(26-3)11-7-13/h4-11,16-18,21H,1-3H3/t16-,17-,18-/m1/s1. The number of methoxy groups -OCH3 is 1. The molecule has 2 fully saturated rings. The molecule has 2 heterocycles. The van der Waals surface area contributed by atoms with Gasteiger partial charge in [0.2, 0.25) is 5.91 Å². The molecular formula is C20H21N3O3. The van der Waals surface area contributed by atoms with E-state index in [0.29, 0.717) is 5.69 Å². The quantitative estimate of drug-likeness (QED) is 0.858. The molecule has 0 unspecified atom stereocenters. The van der Waals surface area contributed by atoms with Gasteiger partial charge in [-0.15, -0.1) is 0 Å². The van der Waals surface area contributed by atoms with Crippen LogP contribution in [-0.4, -0.2) is 37.0 Å². The molecule has 0 saturated carbocycles. The highest BCUT2D eigenvalue weighted by Crippen LogP contribution is 2.41. The Morgan fingerprint density at radius 1 is 0.962 bits per heavy atom. The number of benzene rings is 2. The van der Waals surface area contributed by atoms with E-state index in [0.717, 1.165) is 16.9 Å². The lowest BCUT2D eigenvalue weighted by atomic mass is 9.91. The SMILES string of the molecule is COc1ccc([C@H]2NN(C)[C@H]3C(=O)N(c4ccc(C)cc4)C(=O)[C@H]23)cc1. The monoisotopic (exact) mass is 351 g/mol. The molecule has 2 aromatic carbocycles. The third kappa shape index (κ3) is 2.50. The van der Waals surface area contributed by atoms with E-state index in [9.17, 15) is 9.59 Å². The maximum atomic E-state index is 13.1. The molecule has 2 saturated heterocycles. The van der Waals surface area contributed by atoms with Crippen molar-refractivity contribution in [1.29, 1.82) is 0 Å². The summed E-state index contributed by atoms with van der Waals surface area (Å²) in [5, 5.41) is 1.76. The molecule has 2 aliphatic heterocycles. The molecule has 2 aromatic rings. The Hall–Kier alpha value is -2.70. The summed E-state index contributed by atoms with van der Waals surface area (Å²) >= 11 is 0. The molecular weight excluding hydrogens is 330 g/mol. The molecule has 0 aliphatic carbocycles. The number of likely N-dealkylation sites (N-methyl/N-ethyl adjacent to an activating group) is 1. The van der Waals surface area contributed by atoms with Crippen molar-refractivity contribution in [3.8, 4) is 5.75 Å². The van der Waals surface area contributed by atoms with Crippen molar-refractivity contribution >= 4 is 17.5 Å². The smallest absolute Gasteiger partial charge is 0.253 e. The molecule has 3 atom stereocenters. The summed E-state index contributed by atoms with van der Waals surface area (Å²) in [7, 11) is 3.43. The molecule has 6 nitrogen and oxygen atoms in total. The highest BCUT2D eigenvalue weighted by atomic mass is 16.5. The number of fused-ring (bicyclic) bond motifs is 1. The molecule has 6 heteroatoms. The first kappa shape index (κ1) is 16.8. The van der Waals surface area contributed by atoms with Crippen molar-refractivity contribution in [3.05, 3.63) is 59.7 Å². The van der Waals surface area contributed by atoms with Crippen molar-refractivity contribution in [3.63, 3.8) is 0 Å². The molecule has 1 N–H and O–H groups in total. The number of aryl methyl sites for hydroxylation is 1. The average Bonchev–Trinajstić information content (AvgIpc) is 3.12. The average molecular weight is 351 g/mol. The zero-order valence-corrected chi connectivity index (χ0v) is 15.0. The van der Waals surface area contributed by atoms with Crippen molar-refractivity contribution in [2.24, 2.45) is 5.92 Å². The number of anilines is 1. The van der Waals surface area contributed by atoms with Crippen LogP contribution < -0.4 is 15.1 Å². The second-order valence-corrected chi connectivity index (χ2v) is 6.81. The first-order valence-electron chi connectivity index (χ1n) is 8.58. The van der Waals surface area contributed by atoms with Crippen molar-refractivity contribution in [2.75, 3.05) is 19.1 Å². The van der Waals surface area contributed by atoms with Crippen LogP contribution in [0.5, 0.6) is 5.75 Å². The summed E-state index contributed by atoms with van der Waals surface area (Å²) in [6.45, 7) is 1.98. The van der Waals surface area contributed by atoms with E-state index in [1.807, 2.05) is 62.5 Å². The van der Waals surface area contributed by atoms with E-state index in [1.54, 1.807) is 12.1 Å². The number of rotatable bonds is 3. The van der Waals surface area contributed by atoms with E-state index in [4.69, 9.17) is 4.74 Å². The van der Waals surface area contributed by atoms with Gasteiger partial charge in [0.25, 0.3) is 5.91 Å². The number of hydrogen-bond donors (Lipinski definition) is 1. The van der Waals surface area contributed by atoms with Crippen molar-refractivity contribution in [2.45, 2.75) is 19.0 Å². The van der Waals surface area contributed by atoms with E-state index in [2.05, 4.69) is 5.43 Å². The van der Waals surface area contributed by atoms with Gasteiger partial charge < -0.3 is 4.74 Å². The predicted octanol–water partition coefficient (Wildman–Crippen LogP) is 2.05. The van der Waals surface area contributed by atoms with Crippen LogP contribution in [0.4, 0.5) is 5.69 Å². The van der Waals surface area contributed by atoms with E-state index in [-0.39, 0.29) is 17.9 Å². The van der Waals surface area contributed by atoms with Crippen LogP contribution in [0.3, 0.4) is 0 Å². The van der Waals surface area contributed by atoms with Gasteiger partial charge >= 0.3 is 0 Å². The third-order valence-corrected chi connectivity index (χ3v) is 5.21. The third-order valence-electron chi connectivity index (χ3n) is 5.21. The summed E-state index contributed by atoms with van der Waals surface area (Å²) in [5.74, 6) is -0.0506. The zero-order valence-electron chi connectivity index (χ0n) is 15.0. The van der Waals surface area contributed by atoms with Gasteiger partial charge in [0.1, 0.15) is 11.8 Å². The Bertz CT molecular complexity index is 848. The van der Waals surface area contributed by atoms with Gasteiger partial charge in [-0.3, -0.25) is 9.59 Å². The number of nitrogens with zero attached hydrogens (tertiary/aromatic N) is 2. The fourth-order valence-corrected chi connectivity index (χ4v) is 3.83. The second-order valence-electron chi connectivity index (χ2n) is 6.81. The summed E-state index contributed by atoms with van der Waals surface area (Å²) in [6.07, 6.45) is 0. The van der Waals surface area contributed by atoms with Gasteiger partial charge in [0.15, 0.2) is 0 Å². The Morgan fingerprint density at radius 2 is 1.62 bits per heavy atom. The highest BCUT2D eigenvalue weighted by molar-refractivity contribution is 6.24. The largest absolute Gasteiger partial charge is 0.497 e. The number of ether oxygens (including phenoxy) is 1. The zero-order chi connectivity index (χ0) is 18.4. The van der Waals surface area contributed by atoms with Gasteiger partial charge in [-0.1, -0.05) is 29.8 Å². The lowest BCUT2D eigenvalue weighted by Gasteiger charge is -2.22. The minimum absolute atomic E-state index is 0.165. The molecule has 2 aliphatic rings. The molecule has 4 rings (SSSR count). The summed E-state index contributed by atoms with van der Waals surface area (Å²) in [4.78, 5) is 27.4. The van der Waals surface area contributed by atoms with E-state index < -0.39 is 12.0 Å². The number of hydrazine groups is 1. The second kappa shape index (κ2) is 6.23. The van der Waals surface area contributed by atoms with Gasteiger partial charge in [-0.25, -0.2) is 15.3 Å². The Kier molecular flexibility index (Phi) is 4.01. The Labute approximate surface area is 152 Å². The predicted molar refractivity (Wildman–Crippen MR) is 97.6 cm³/mol. The molecule has 0 radical (unpaired) electrons. The first-order chi connectivity index (χ1) is 12.5. The van der Waals surface area contributed by atoms with Crippen LogP contribution in [0.15, 0.2) is 48.5 Å². The first-order valence-corrected chi connectivity index (χ1v) is 8.58. The maximum absolute atomic E-state index is 13.1. The van der Waals surface area contributed by atoms with Crippen molar-refractivity contribution in [1.82, 2.24) is 10.4 Å². The summed E-state index contributed by atoms with van der Waals surface area (Å²) < 4.78 is 5.20.